The van der Waals surface area contributed by atoms with Crippen LogP contribution in [0.5, 0.6) is 0 Å². The van der Waals surface area contributed by atoms with Gasteiger partial charge in [0.25, 0.3) is 0 Å². The number of likely N-dealkylation sites (N-methyl/N-ethyl adjacent to an activating group) is 1. The number of hydrogen-bond donors (Lipinski definition) is 1. The van der Waals surface area contributed by atoms with E-state index in [1.807, 2.05) is 11.8 Å². The molecule has 114 valence electrons. The Labute approximate surface area is 123 Å². The second kappa shape index (κ2) is 11.5. The molecule has 0 aliphatic carbocycles. The molecule has 1 fully saturated rings. The molecule has 0 unspecified atom stereocenters. The maximum absolute atomic E-state index is 12.0. The maximum atomic E-state index is 12.0. The number of piperazine rings is 1. The van der Waals surface area contributed by atoms with Gasteiger partial charge in [0.15, 0.2) is 0 Å². The van der Waals surface area contributed by atoms with E-state index in [9.17, 15) is 4.79 Å². The van der Waals surface area contributed by atoms with E-state index in [4.69, 9.17) is 4.74 Å². The van der Waals surface area contributed by atoms with E-state index in [2.05, 4.69) is 17.1 Å². The number of carbonyl (C=O) groups excluding carboxylic acids is 1. The average molecular weight is 294 g/mol. The lowest BCUT2D eigenvalue weighted by Gasteiger charge is -2.28. The Hall–Kier alpha value is -0.360. The van der Waals surface area contributed by atoms with Gasteiger partial charge in [0.05, 0.1) is 6.61 Å². The summed E-state index contributed by atoms with van der Waals surface area (Å²) in [5.41, 5.74) is 0. The zero-order valence-electron chi connectivity index (χ0n) is 12.2. The number of nitrogens with zero attached hydrogens (tertiary/aromatic N) is 2. The molecule has 0 aromatic carbocycles. The third kappa shape index (κ3) is 7.72. The van der Waals surface area contributed by atoms with Gasteiger partial charge in [0.1, 0.15) is 0 Å². The van der Waals surface area contributed by atoms with Crippen molar-refractivity contribution in [1.82, 2.24) is 15.1 Å². The molecule has 1 aliphatic heterocycles. The first-order valence-corrected chi connectivity index (χ1v) is 7.06. The van der Waals surface area contributed by atoms with Crippen LogP contribution in [0.2, 0.25) is 0 Å². The summed E-state index contributed by atoms with van der Waals surface area (Å²) in [5.74, 6) is 0.284. The summed E-state index contributed by atoms with van der Waals surface area (Å²) in [6, 6.07) is 0. The first-order valence-electron chi connectivity index (χ1n) is 7.06. The van der Waals surface area contributed by atoms with Crippen molar-refractivity contribution in [3.05, 3.63) is 0 Å². The fraction of sp³-hybridized carbons (Fsp3) is 0.923. The Balaban J connectivity index is 0.00000324. The first-order chi connectivity index (χ1) is 8.77. The smallest absolute Gasteiger partial charge is 0.223 e. The van der Waals surface area contributed by atoms with E-state index in [0.717, 1.165) is 59.0 Å². The second-order valence-electron chi connectivity index (χ2n) is 4.51. The van der Waals surface area contributed by atoms with Gasteiger partial charge in [-0.15, -0.1) is 12.4 Å². The monoisotopic (exact) mass is 293 g/mol. The van der Waals surface area contributed by atoms with Crippen LogP contribution in [0.1, 0.15) is 20.3 Å². The number of halogens is 1. The summed E-state index contributed by atoms with van der Waals surface area (Å²) in [7, 11) is 0. The van der Waals surface area contributed by atoms with Crippen molar-refractivity contribution in [1.29, 1.82) is 0 Å². The molecule has 0 aromatic rings. The highest BCUT2D eigenvalue weighted by Crippen LogP contribution is 1.99. The number of ether oxygens (including phenoxy) is 1. The minimum atomic E-state index is 0. The number of nitrogens with one attached hydrogen (secondary N) is 1. The Morgan fingerprint density at radius 1 is 1.26 bits per heavy atom. The molecule has 5 nitrogen and oxygen atoms in total. The summed E-state index contributed by atoms with van der Waals surface area (Å²) in [4.78, 5) is 16.2. The number of amides is 1. The van der Waals surface area contributed by atoms with Gasteiger partial charge in [0, 0.05) is 52.3 Å². The molecule has 1 rings (SSSR count). The third-order valence-corrected chi connectivity index (χ3v) is 3.31. The lowest BCUT2D eigenvalue weighted by Crippen LogP contribution is -2.47. The van der Waals surface area contributed by atoms with Crippen molar-refractivity contribution < 1.29 is 9.53 Å². The predicted octanol–water partition coefficient (Wildman–Crippen LogP) is 0.589. The molecule has 1 N–H and O–H groups in total. The molecule has 19 heavy (non-hydrogen) atoms. The van der Waals surface area contributed by atoms with Crippen molar-refractivity contribution in [3.63, 3.8) is 0 Å². The molecule has 0 atom stereocenters. The van der Waals surface area contributed by atoms with Gasteiger partial charge in [-0.2, -0.15) is 0 Å². The number of rotatable bonds is 8. The van der Waals surface area contributed by atoms with Crippen LogP contribution in [0.25, 0.3) is 0 Å². The molecule has 0 bridgehead atoms. The molecule has 1 amide bonds. The molecule has 1 aliphatic rings. The fourth-order valence-corrected chi connectivity index (χ4v) is 2.09. The fourth-order valence-electron chi connectivity index (χ4n) is 2.09. The van der Waals surface area contributed by atoms with Crippen LogP contribution < -0.4 is 5.32 Å². The van der Waals surface area contributed by atoms with Gasteiger partial charge in [-0.3, -0.25) is 4.79 Å². The normalized spacial score (nSPS) is 15.4. The molecule has 6 heteroatoms. The third-order valence-electron chi connectivity index (χ3n) is 3.31. The molecule has 0 spiro atoms. The van der Waals surface area contributed by atoms with Gasteiger partial charge in [0.2, 0.25) is 5.91 Å². The summed E-state index contributed by atoms with van der Waals surface area (Å²) in [6.07, 6.45) is 0.625. The average Bonchev–Trinajstić information content (AvgIpc) is 2.43. The summed E-state index contributed by atoms with van der Waals surface area (Å²) in [5, 5.41) is 3.26. The van der Waals surface area contributed by atoms with Crippen molar-refractivity contribution in [2.24, 2.45) is 0 Å². The van der Waals surface area contributed by atoms with Gasteiger partial charge in [-0.1, -0.05) is 6.92 Å². The van der Waals surface area contributed by atoms with Gasteiger partial charge < -0.3 is 19.9 Å². The summed E-state index contributed by atoms with van der Waals surface area (Å²) >= 11 is 0. The molecule has 0 saturated carbocycles. The van der Waals surface area contributed by atoms with E-state index < -0.39 is 0 Å². The molecule has 1 heterocycles. The standard InChI is InChI=1S/C13H27N3O2.ClH/c1-3-15(11-12-18-4-2)8-5-13(17)16-9-6-14-7-10-16;/h14H,3-12H2,1-2H3;1H. The predicted molar refractivity (Wildman–Crippen MR) is 79.9 cm³/mol. The topological polar surface area (TPSA) is 44.8 Å². The summed E-state index contributed by atoms with van der Waals surface area (Å²) < 4.78 is 5.34. The summed E-state index contributed by atoms with van der Waals surface area (Å²) in [6.45, 7) is 11.9. The SMILES string of the molecule is CCOCCN(CC)CCC(=O)N1CCNCC1.Cl. The van der Waals surface area contributed by atoms with E-state index in [0.29, 0.717) is 6.42 Å². The van der Waals surface area contributed by atoms with Crippen LogP contribution in [0.4, 0.5) is 0 Å². The van der Waals surface area contributed by atoms with Crippen molar-refractivity contribution in [3.8, 4) is 0 Å². The zero-order valence-corrected chi connectivity index (χ0v) is 13.0. The maximum Gasteiger partial charge on any atom is 0.223 e. The largest absolute Gasteiger partial charge is 0.380 e. The van der Waals surface area contributed by atoms with Crippen molar-refractivity contribution in [2.45, 2.75) is 20.3 Å². The Morgan fingerprint density at radius 2 is 1.95 bits per heavy atom. The Bertz CT molecular complexity index is 236. The minimum absolute atomic E-state index is 0. The van der Waals surface area contributed by atoms with E-state index in [1.54, 1.807) is 0 Å². The van der Waals surface area contributed by atoms with Crippen LogP contribution >= 0.6 is 12.4 Å². The Morgan fingerprint density at radius 3 is 2.53 bits per heavy atom. The van der Waals surface area contributed by atoms with Crippen LogP contribution in [0.3, 0.4) is 0 Å². The van der Waals surface area contributed by atoms with E-state index in [1.165, 1.54) is 0 Å². The molecule has 0 aromatic heterocycles. The van der Waals surface area contributed by atoms with E-state index in [-0.39, 0.29) is 18.3 Å². The highest BCUT2D eigenvalue weighted by Gasteiger charge is 2.16. The molecular weight excluding hydrogens is 266 g/mol. The molecular formula is C13H28ClN3O2. The van der Waals surface area contributed by atoms with Crippen LogP contribution in [0.15, 0.2) is 0 Å². The van der Waals surface area contributed by atoms with Crippen molar-refractivity contribution >= 4 is 18.3 Å². The van der Waals surface area contributed by atoms with Crippen LogP contribution in [0, 0.1) is 0 Å². The van der Waals surface area contributed by atoms with Gasteiger partial charge in [-0.25, -0.2) is 0 Å². The van der Waals surface area contributed by atoms with Crippen molar-refractivity contribution in [2.75, 3.05) is 59.0 Å². The first kappa shape index (κ1) is 18.6. The molecule has 0 radical (unpaired) electrons. The van der Waals surface area contributed by atoms with E-state index >= 15 is 0 Å². The highest BCUT2D eigenvalue weighted by atomic mass is 35.5. The second-order valence-corrected chi connectivity index (χ2v) is 4.51. The Kier molecular flexibility index (Phi) is 11.2. The van der Waals surface area contributed by atoms with Gasteiger partial charge >= 0.3 is 0 Å². The minimum Gasteiger partial charge on any atom is -0.380 e. The quantitative estimate of drug-likeness (QED) is 0.665. The van der Waals surface area contributed by atoms with Gasteiger partial charge in [-0.05, 0) is 13.5 Å². The van der Waals surface area contributed by atoms with Crippen LogP contribution in [-0.2, 0) is 9.53 Å². The number of carbonyl (C=O) groups is 1. The highest BCUT2D eigenvalue weighted by molar-refractivity contribution is 5.85. The lowest BCUT2D eigenvalue weighted by atomic mass is 10.3. The lowest BCUT2D eigenvalue weighted by molar-refractivity contribution is -0.132. The van der Waals surface area contributed by atoms with Crippen LogP contribution in [-0.4, -0.2) is 74.7 Å². The molecule has 1 saturated heterocycles. The zero-order chi connectivity index (χ0) is 13.2. The number of hydrogen-bond acceptors (Lipinski definition) is 4.